The molecule has 0 bridgehead atoms. The van der Waals surface area contributed by atoms with Gasteiger partial charge in [0.15, 0.2) is 0 Å². The topological polar surface area (TPSA) is 49.4 Å². The molecule has 0 radical (unpaired) electrons. The van der Waals surface area contributed by atoms with E-state index in [9.17, 15) is 14.0 Å². The summed E-state index contributed by atoms with van der Waals surface area (Å²) in [5.74, 6) is 0.485. The Bertz CT molecular complexity index is 814. The van der Waals surface area contributed by atoms with Gasteiger partial charge in [-0.3, -0.25) is 9.59 Å². The maximum absolute atomic E-state index is 13.1. The van der Waals surface area contributed by atoms with Gasteiger partial charge in [-0.25, -0.2) is 4.39 Å². The molecule has 0 saturated heterocycles. The van der Waals surface area contributed by atoms with E-state index in [-0.39, 0.29) is 29.4 Å². The van der Waals surface area contributed by atoms with Gasteiger partial charge in [-0.05, 0) is 49.4 Å². The van der Waals surface area contributed by atoms with E-state index in [1.165, 1.54) is 23.9 Å². The Kier molecular flexibility index (Phi) is 10.6. The number of amides is 2. The highest BCUT2D eigenvalue weighted by Crippen LogP contribution is 2.16. The largest absolute Gasteiger partial charge is 0.352 e. The molecule has 4 nitrogen and oxygen atoms in total. The number of benzene rings is 2. The van der Waals surface area contributed by atoms with E-state index in [1.54, 1.807) is 17.0 Å². The third-order valence-corrected chi connectivity index (χ3v) is 6.27. The highest BCUT2D eigenvalue weighted by Gasteiger charge is 2.28. The van der Waals surface area contributed by atoms with Gasteiger partial charge in [-0.2, -0.15) is 0 Å². The van der Waals surface area contributed by atoms with Crippen LogP contribution in [0.2, 0.25) is 0 Å². The van der Waals surface area contributed by atoms with E-state index in [0.29, 0.717) is 25.1 Å². The van der Waals surface area contributed by atoms with Crippen molar-refractivity contribution in [1.29, 1.82) is 0 Å². The first kappa shape index (κ1) is 24.9. The number of nitrogens with zero attached hydrogens (tertiary/aromatic N) is 1. The van der Waals surface area contributed by atoms with Crippen LogP contribution in [0, 0.1) is 5.82 Å². The molecule has 2 atom stereocenters. The van der Waals surface area contributed by atoms with Crippen LogP contribution >= 0.6 is 11.8 Å². The molecule has 0 unspecified atom stereocenters. The van der Waals surface area contributed by atoms with Crippen LogP contribution in [0.5, 0.6) is 0 Å². The van der Waals surface area contributed by atoms with Crippen LogP contribution in [0.25, 0.3) is 0 Å². The molecule has 0 spiro atoms. The van der Waals surface area contributed by atoms with Crippen molar-refractivity contribution in [2.75, 3.05) is 12.3 Å². The zero-order chi connectivity index (χ0) is 22.6. The lowest BCUT2D eigenvalue weighted by atomic mass is 10.1. The van der Waals surface area contributed by atoms with E-state index in [0.717, 1.165) is 17.5 Å². The highest BCUT2D eigenvalue weighted by atomic mass is 32.2. The molecule has 2 aromatic carbocycles. The molecule has 0 heterocycles. The summed E-state index contributed by atoms with van der Waals surface area (Å²) in [6.45, 7) is 6.43. The molecule has 0 saturated carbocycles. The van der Waals surface area contributed by atoms with Gasteiger partial charge in [0.2, 0.25) is 11.8 Å². The molecular weight excluding hydrogens is 411 g/mol. The number of rotatable bonds is 12. The summed E-state index contributed by atoms with van der Waals surface area (Å²) in [7, 11) is 0. The fourth-order valence-corrected chi connectivity index (χ4v) is 4.13. The SMILES string of the molecule is CC[C@H](C(=O)N[C@@H](C)CC)N(CCc1ccccc1)C(=O)CSCc1ccc(F)cc1. The summed E-state index contributed by atoms with van der Waals surface area (Å²) < 4.78 is 13.1. The number of thioether (sulfide) groups is 1. The lowest BCUT2D eigenvalue weighted by Crippen LogP contribution is -2.52. The second-order valence-corrected chi connectivity index (χ2v) is 8.67. The van der Waals surface area contributed by atoms with Crippen LogP contribution in [0.3, 0.4) is 0 Å². The molecule has 0 fully saturated rings. The second kappa shape index (κ2) is 13.2. The zero-order valence-electron chi connectivity index (χ0n) is 18.6. The number of hydrogen-bond acceptors (Lipinski definition) is 3. The lowest BCUT2D eigenvalue weighted by Gasteiger charge is -2.31. The number of nitrogens with one attached hydrogen (secondary N) is 1. The molecule has 0 aliphatic heterocycles. The monoisotopic (exact) mass is 444 g/mol. The summed E-state index contributed by atoms with van der Waals surface area (Å²) >= 11 is 1.48. The number of carbonyl (C=O) groups is 2. The van der Waals surface area contributed by atoms with Crippen molar-refractivity contribution in [2.24, 2.45) is 0 Å². The molecule has 0 aromatic heterocycles. The van der Waals surface area contributed by atoms with Crippen LogP contribution in [0.15, 0.2) is 54.6 Å². The molecule has 1 N–H and O–H groups in total. The Morgan fingerprint density at radius 2 is 1.68 bits per heavy atom. The second-order valence-electron chi connectivity index (χ2n) is 7.68. The predicted octanol–water partition coefficient (Wildman–Crippen LogP) is 4.82. The first-order valence-corrected chi connectivity index (χ1v) is 12.1. The van der Waals surface area contributed by atoms with Crippen molar-refractivity contribution >= 4 is 23.6 Å². The van der Waals surface area contributed by atoms with Crippen molar-refractivity contribution in [1.82, 2.24) is 10.2 Å². The van der Waals surface area contributed by atoms with Crippen LogP contribution in [-0.4, -0.2) is 41.1 Å². The van der Waals surface area contributed by atoms with Crippen molar-refractivity contribution < 1.29 is 14.0 Å². The van der Waals surface area contributed by atoms with Crippen molar-refractivity contribution in [3.8, 4) is 0 Å². The Balaban J connectivity index is 2.05. The summed E-state index contributed by atoms with van der Waals surface area (Å²) in [4.78, 5) is 27.7. The zero-order valence-corrected chi connectivity index (χ0v) is 19.5. The lowest BCUT2D eigenvalue weighted by molar-refractivity contribution is -0.139. The van der Waals surface area contributed by atoms with Gasteiger partial charge in [-0.1, -0.05) is 56.3 Å². The quantitative estimate of drug-likeness (QED) is 0.510. The summed E-state index contributed by atoms with van der Waals surface area (Å²) in [5.41, 5.74) is 2.10. The molecule has 2 amide bonds. The Morgan fingerprint density at radius 1 is 1.00 bits per heavy atom. The van der Waals surface area contributed by atoms with Crippen LogP contribution in [0.4, 0.5) is 4.39 Å². The molecule has 2 aromatic rings. The first-order valence-electron chi connectivity index (χ1n) is 10.9. The van der Waals surface area contributed by atoms with E-state index in [2.05, 4.69) is 5.32 Å². The third kappa shape index (κ3) is 8.37. The number of halogens is 1. The van der Waals surface area contributed by atoms with Gasteiger partial charge < -0.3 is 10.2 Å². The Hall–Kier alpha value is -2.34. The van der Waals surface area contributed by atoms with Crippen molar-refractivity contribution in [3.63, 3.8) is 0 Å². The maximum Gasteiger partial charge on any atom is 0.243 e. The van der Waals surface area contributed by atoms with E-state index in [1.807, 2.05) is 51.1 Å². The fraction of sp³-hybridized carbons (Fsp3) is 0.440. The predicted molar refractivity (Wildman–Crippen MR) is 126 cm³/mol. The van der Waals surface area contributed by atoms with E-state index >= 15 is 0 Å². The van der Waals surface area contributed by atoms with Gasteiger partial charge in [0.25, 0.3) is 0 Å². The maximum atomic E-state index is 13.1. The minimum Gasteiger partial charge on any atom is -0.352 e. The highest BCUT2D eigenvalue weighted by molar-refractivity contribution is 7.99. The van der Waals surface area contributed by atoms with Gasteiger partial charge in [0.05, 0.1) is 5.75 Å². The average Bonchev–Trinajstić information content (AvgIpc) is 2.78. The molecule has 2 rings (SSSR count). The van der Waals surface area contributed by atoms with Crippen LogP contribution < -0.4 is 5.32 Å². The fourth-order valence-electron chi connectivity index (χ4n) is 3.26. The molecule has 31 heavy (non-hydrogen) atoms. The molecular formula is C25H33FN2O2S. The number of carbonyl (C=O) groups excluding carboxylic acids is 2. The van der Waals surface area contributed by atoms with Crippen molar-refractivity contribution in [3.05, 3.63) is 71.5 Å². The summed E-state index contributed by atoms with van der Waals surface area (Å²) in [6, 6.07) is 15.9. The first-order chi connectivity index (χ1) is 14.9. The van der Waals surface area contributed by atoms with Gasteiger partial charge in [-0.15, -0.1) is 11.8 Å². The van der Waals surface area contributed by atoms with Gasteiger partial charge >= 0.3 is 0 Å². The van der Waals surface area contributed by atoms with E-state index in [4.69, 9.17) is 0 Å². The smallest absolute Gasteiger partial charge is 0.243 e. The Labute approximate surface area is 189 Å². The van der Waals surface area contributed by atoms with Gasteiger partial charge in [0.1, 0.15) is 11.9 Å². The minimum absolute atomic E-state index is 0.0470. The third-order valence-electron chi connectivity index (χ3n) is 5.28. The summed E-state index contributed by atoms with van der Waals surface area (Å²) in [6.07, 6.45) is 2.10. The minimum atomic E-state index is -0.489. The van der Waals surface area contributed by atoms with Crippen LogP contribution in [-0.2, 0) is 21.8 Å². The normalized spacial score (nSPS) is 12.8. The molecule has 168 valence electrons. The van der Waals surface area contributed by atoms with Gasteiger partial charge in [0, 0.05) is 18.3 Å². The molecule has 0 aliphatic carbocycles. The van der Waals surface area contributed by atoms with E-state index < -0.39 is 6.04 Å². The van der Waals surface area contributed by atoms with Crippen molar-refractivity contribution in [2.45, 2.75) is 57.9 Å². The average molecular weight is 445 g/mol. The Morgan fingerprint density at radius 3 is 2.29 bits per heavy atom. The standard InChI is InChI=1S/C25H33FN2O2S/c1-4-19(3)27-25(30)23(5-2)28(16-15-20-9-7-6-8-10-20)24(29)18-31-17-21-11-13-22(26)14-12-21/h6-14,19,23H,4-5,15-18H2,1-3H3,(H,27,30)/t19-,23+/m0/s1. The summed E-state index contributed by atoms with van der Waals surface area (Å²) in [5, 5.41) is 3.03. The molecule has 6 heteroatoms. The molecule has 0 aliphatic rings. The van der Waals surface area contributed by atoms with Crippen LogP contribution in [0.1, 0.15) is 44.7 Å². The number of hydrogen-bond donors (Lipinski definition) is 1.